The number of nitrogens with one attached hydrogen (secondary N) is 1. The smallest absolute Gasteiger partial charge is 0.175 e. The summed E-state index contributed by atoms with van der Waals surface area (Å²) in [7, 11) is -3.08. The largest absolute Gasteiger partial charge is 0.315 e. The number of thioether (sulfide) groups is 1. The molecule has 0 radical (unpaired) electrons. The van der Waals surface area contributed by atoms with Gasteiger partial charge in [0.2, 0.25) is 0 Å². The molecule has 1 atom stereocenters. The first-order chi connectivity index (χ1) is 8.43. The van der Waals surface area contributed by atoms with E-state index in [1.54, 1.807) is 23.9 Å². The van der Waals surface area contributed by atoms with Crippen LogP contribution < -0.4 is 5.32 Å². The van der Waals surface area contributed by atoms with Crippen molar-refractivity contribution in [2.24, 2.45) is 0 Å². The molecule has 102 valence electrons. The first-order valence-corrected chi connectivity index (χ1v) is 8.97. The van der Waals surface area contributed by atoms with Crippen LogP contribution in [0.15, 0.2) is 34.1 Å². The summed E-state index contributed by atoms with van der Waals surface area (Å²) in [6.45, 7) is 5.28. The molecule has 1 aromatic rings. The van der Waals surface area contributed by atoms with Crippen LogP contribution >= 0.6 is 11.8 Å². The van der Waals surface area contributed by atoms with Gasteiger partial charge in [-0.15, -0.1) is 11.8 Å². The van der Waals surface area contributed by atoms with Crippen LogP contribution in [0.5, 0.6) is 0 Å². The highest BCUT2D eigenvalue weighted by Gasteiger charge is 2.06. The number of hydrogen-bond donors (Lipinski definition) is 1. The molecule has 5 heteroatoms. The summed E-state index contributed by atoms with van der Waals surface area (Å²) in [6.07, 6.45) is 2.33. The van der Waals surface area contributed by atoms with E-state index in [-0.39, 0.29) is 0 Å². The quantitative estimate of drug-likeness (QED) is 0.783. The predicted octanol–water partition coefficient (Wildman–Crippen LogP) is 2.57. The van der Waals surface area contributed by atoms with Crippen LogP contribution in [0, 0.1) is 0 Å². The fourth-order valence-electron chi connectivity index (χ4n) is 1.59. The Balaban J connectivity index is 2.45. The summed E-state index contributed by atoms with van der Waals surface area (Å²) in [6, 6.07) is 7.62. The maximum absolute atomic E-state index is 11.3. The highest BCUT2D eigenvalue weighted by atomic mass is 32.2. The van der Waals surface area contributed by atoms with Crippen molar-refractivity contribution in [1.29, 1.82) is 0 Å². The monoisotopic (exact) mass is 287 g/mol. The third-order valence-corrected chi connectivity index (χ3v) is 4.80. The van der Waals surface area contributed by atoms with Gasteiger partial charge in [-0.3, -0.25) is 0 Å². The summed E-state index contributed by atoms with van der Waals surface area (Å²) in [5, 5.41) is 3.37. The second-order valence-electron chi connectivity index (χ2n) is 4.34. The Bertz CT molecular complexity index is 454. The lowest BCUT2D eigenvalue weighted by Crippen LogP contribution is -2.25. The molecule has 0 spiro atoms. The minimum Gasteiger partial charge on any atom is -0.315 e. The van der Waals surface area contributed by atoms with Gasteiger partial charge >= 0.3 is 0 Å². The molecular weight excluding hydrogens is 266 g/mol. The van der Waals surface area contributed by atoms with E-state index in [1.165, 1.54) is 6.26 Å². The molecule has 1 unspecified atom stereocenters. The average molecular weight is 287 g/mol. The van der Waals surface area contributed by atoms with Gasteiger partial charge in [-0.2, -0.15) is 0 Å². The molecule has 3 nitrogen and oxygen atoms in total. The first-order valence-electron chi connectivity index (χ1n) is 6.09. The molecule has 0 saturated heterocycles. The zero-order valence-electron chi connectivity index (χ0n) is 11.1. The molecule has 0 bridgehead atoms. The van der Waals surface area contributed by atoms with E-state index >= 15 is 0 Å². The fraction of sp³-hybridized carbons (Fsp3) is 0.538. The van der Waals surface area contributed by atoms with Gasteiger partial charge in [0.05, 0.1) is 4.90 Å². The van der Waals surface area contributed by atoms with E-state index < -0.39 is 9.84 Å². The topological polar surface area (TPSA) is 46.2 Å². The summed E-state index contributed by atoms with van der Waals surface area (Å²) < 4.78 is 22.6. The van der Waals surface area contributed by atoms with Crippen LogP contribution in [0.1, 0.15) is 20.3 Å². The van der Waals surface area contributed by atoms with Crippen LogP contribution in [0.4, 0.5) is 0 Å². The van der Waals surface area contributed by atoms with Crippen molar-refractivity contribution in [3.8, 4) is 0 Å². The van der Waals surface area contributed by atoms with Crippen LogP contribution in [-0.2, 0) is 9.84 Å². The van der Waals surface area contributed by atoms with Crippen molar-refractivity contribution in [2.45, 2.75) is 36.1 Å². The van der Waals surface area contributed by atoms with E-state index in [0.717, 1.165) is 23.6 Å². The lowest BCUT2D eigenvalue weighted by molar-refractivity contribution is 0.556. The second-order valence-corrected chi connectivity index (χ2v) is 7.52. The molecule has 18 heavy (non-hydrogen) atoms. The maximum atomic E-state index is 11.3. The summed E-state index contributed by atoms with van der Waals surface area (Å²) >= 11 is 1.76. The highest BCUT2D eigenvalue weighted by molar-refractivity contribution is 7.99. The van der Waals surface area contributed by atoms with Crippen molar-refractivity contribution in [2.75, 3.05) is 18.6 Å². The molecule has 0 heterocycles. The average Bonchev–Trinajstić information content (AvgIpc) is 2.29. The van der Waals surface area contributed by atoms with Crippen LogP contribution in [0.25, 0.3) is 0 Å². The van der Waals surface area contributed by atoms with Crippen molar-refractivity contribution in [3.05, 3.63) is 24.3 Å². The number of hydrogen-bond acceptors (Lipinski definition) is 4. The summed E-state index contributed by atoms with van der Waals surface area (Å²) in [4.78, 5) is 1.50. The Morgan fingerprint density at radius 3 is 2.39 bits per heavy atom. The van der Waals surface area contributed by atoms with Gasteiger partial charge in [0.1, 0.15) is 0 Å². The van der Waals surface area contributed by atoms with Gasteiger partial charge in [0.15, 0.2) is 9.84 Å². The molecule has 0 aromatic heterocycles. The molecule has 0 saturated carbocycles. The van der Waals surface area contributed by atoms with Gasteiger partial charge in [0.25, 0.3) is 0 Å². The molecule has 1 rings (SSSR count). The predicted molar refractivity (Wildman–Crippen MR) is 78.0 cm³/mol. The molecule has 0 aliphatic heterocycles. The minimum atomic E-state index is -3.08. The lowest BCUT2D eigenvalue weighted by Gasteiger charge is -2.11. The van der Waals surface area contributed by atoms with Gasteiger partial charge in [-0.05, 0) is 49.9 Å². The summed E-state index contributed by atoms with van der Waals surface area (Å²) in [5.74, 6) is 1.03. The van der Waals surface area contributed by atoms with Gasteiger partial charge in [-0.1, -0.05) is 6.92 Å². The third-order valence-electron chi connectivity index (χ3n) is 2.62. The molecule has 0 aliphatic carbocycles. The second kappa shape index (κ2) is 7.16. The van der Waals surface area contributed by atoms with Crippen LogP contribution in [0.2, 0.25) is 0 Å². The molecule has 0 aliphatic rings. The van der Waals surface area contributed by atoms with E-state index in [0.29, 0.717) is 10.9 Å². The van der Waals surface area contributed by atoms with Gasteiger partial charge in [-0.25, -0.2) is 8.42 Å². The standard InChI is InChI=1S/C13H21NO2S2/c1-4-14-11(2)9-10-17-12-5-7-13(8-6-12)18(3,15)16/h5-8,11,14H,4,9-10H2,1-3H3. The zero-order valence-corrected chi connectivity index (χ0v) is 12.8. The van der Waals surface area contributed by atoms with E-state index in [1.807, 2.05) is 12.1 Å². The minimum absolute atomic E-state index is 0.382. The van der Waals surface area contributed by atoms with Crippen molar-refractivity contribution >= 4 is 21.6 Å². The maximum Gasteiger partial charge on any atom is 0.175 e. The number of rotatable bonds is 7. The molecule has 1 N–H and O–H groups in total. The van der Waals surface area contributed by atoms with E-state index in [4.69, 9.17) is 0 Å². The normalized spacial score (nSPS) is 13.5. The Morgan fingerprint density at radius 1 is 1.28 bits per heavy atom. The molecule has 0 fully saturated rings. The van der Waals surface area contributed by atoms with Crippen LogP contribution in [-0.4, -0.2) is 33.0 Å². The Kier molecular flexibility index (Phi) is 6.18. The van der Waals surface area contributed by atoms with Crippen molar-refractivity contribution in [1.82, 2.24) is 5.32 Å². The lowest BCUT2D eigenvalue weighted by atomic mass is 10.3. The van der Waals surface area contributed by atoms with Gasteiger partial charge in [0, 0.05) is 17.2 Å². The van der Waals surface area contributed by atoms with Crippen LogP contribution in [0.3, 0.4) is 0 Å². The Hall–Kier alpha value is -0.520. The first kappa shape index (κ1) is 15.5. The van der Waals surface area contributed by atoms with Crippen molar-refractivity contribution < 1.29 is 8.42 Å². The Labute approximate surface area is 114 Å². The molecule has 1 aromatic carbocycles. The van der Waals surface area contributed by atoms with E-state index in [2.05, 4.69) is 19.2 Å². The molecular formula is C13H21NO2S2. The third kappa shape index (κ3) is 5.42. The number of benzene rings is 1. The zero-order chi connectivity index (χ0) is 13.6. The fourth-order valence-corrected chi connectivity index (χ4v) is 3.25. The van der Waals surface area contributed by atoms with Crippen molar-refractivity contribution in [3.63, 3.8) is 0 Å². The van der Waals surface area contributed by atoms with Gasteiger partial charge < -0.3 is 5.32 Å². The highest BCUT2D eigenvalue weighted by Crippen LogP contribution is 2.21. The Morgan fingerprint density at radius 2 is 1.89 bits per heavy atom. The SMILES string of the molecule is CCNC(C)CCSc1ccc(S(C)(=O)=O)cc1. The number of sulfone groups is 1. The van der Waals surface area contributed by atoms with E-state index in [9.17, 15) is 8.42 Å². The molecule has 0 amide bonds. The summed E-state index contributed by atoms with van der Waals surface area (Å²) in [5.41, 5.74) is 0.